The summed E-state index contributed by atoms with van der Waals surface area (Å²) in [6.45, 7) is 4.02. The molecule has 1 aromatic carbocycles. The summed E-state index contributed by atoms with van der Waals surface area (Å²) in [6, 6.07) is 2.88. The summed E-state index contributed by atoms with van der Waals surface area (Å²) in [6.07, 6.45) is 4.56. The van der Waals surface area contributed by atoms with E-state index in [0.29, 0.717) is 24.0 Å². The van der Waals surface area contributed by atoms with E-state index in [9.17, 15) is 18.1 Å². The molecule has 0 saturated heterocycles. The molecule has 0 aromatic heterocycles. The maximum atomic E-state index is 11.6. The van der Waals surface area contributed by atoms with Crippen LogP contribution in [0.3, 0.4) is 0 Å². The van der Waals surface area contributed by atoms with Crippen molar-refractivity contribution in [1.29, 1.82) is 0 Å². The third kappa shape index (κ3) is 4.51. The highest BCUT2D eigenvalue weighted by Gasteiger charge is 2.21. The number of aromatic hydroxyl groups is 1. The molecule has 0 bridgehead atoms. The van der Waals surface area contributed by atoms with Crippen LogP contribution in [0.1, 0.15) is 50.7 Å². The molecule has 0 saturated carbocycles. The summed E-state index contributed by atoms with van der Waals surface area (Å²) >= 11 is 0. The van der Waals surface area contributed by atoms with E-state index in [1.54, 1.807) is 0 Å². The van der Waals surface area contributed by atoms with E-state index in [1.807, 2.05) is 13.8 Å². The zero-order chi connectivity index (χ0) is 14.5. The molecular formula is C14H22O4S. The first-order valence-corrected chi connectivity index (χ1v) is 8.16. The first-order chi connectivity index (χ1) is 8.90. The van der Waals surface area contributed by atoms with E-state index in [4.69, 9.17) is 0 Å². The summed E-state index contributed by atoms with van der Waals surface area (Å²) < 4.78 is 32.6. The van der Waals surface area contributed by atoms with Crippen LogP contribution >= 0.6 is 0 Å². The topological polar surface area (TPSA) is 74.6 Å². The van der Waals surface area contributed by atoms with Gasteiger partial charge < -0.3 is 5.11 Å². The number of phenols is 1. The van der Waals surface area contributed by atoms with Gasteiger partial charge >= 0.3 is 0 Å². The standard InChI is InChI=1S/C14H22O4S/c1-3-5-7-11-9-13(15)10-12(8-6-4-2)14(11)19(16,17)18/h9-10,15H,3-8H2,1-2H3,(H,16,17,18). The number of benzene rings is 1. The maximum absolute atomic E-state index is 11.6. The van der Waals surface area contributed by atoms with Gasteiger partial charge in [-0.1, -0.05) is 26.7 Å². The van der Waals surface area contributed by atoms with Gasteiger partial charge in [0.2, 0.25) is 0 Å². The Balaban J connectivity index is 3.31. The first-order valence-electron chi connectivity index (χ1n) is 6.72. The minimum atomic E-state index is -4.25. The van der Waals surface area contributed by atoms with Crippen molar-refractivity contribution in [2.75, 3.05) is 0 Å². The fraction of sp³-hybridized carbons (Fsp3) is 0.571. The Kier molecular flexibility index (Phi) is 5.82. The summed E-state index contributed by atoms with van der Waals surface area (Å²) in [7, 11) is -4.25. The van der Waals surface area contributed by atoms with Gasteiger partial charge in [-0.25, -0.2) is 0 Å². The van der Waals surface area contributed by atoms with Crippen LogP contribution in [0, 0.1) is 0 Å². The summed E-state index contributed by atoms with van der Waals surface area (Å²) in [4.78, 5) is -0.00722. The zero-order valence-electron chi connectivity index (χ0n) is 11.5. The third-order valence-corrected chi connectivity index (χ3v) is 4.13. The largest absolute Gasteiger partial charge is 0.508 e. The molecule has 5 heteroatoms. The van der Waals surface area contributed by atoms with Crippen molar-refractivity contribution in [3.63, 3.8) is 0 Å². The van der Waals surface area contributed by atoms with Gasteiger partial charge in [-0.3, -0.25) is 4.55 Å². The maximum Gasteiger partial charge on any atom is 0.295 e. The molecule has 19 heavy (non-hydrogen) atoms. The van der Waals surface area contributed by atoms with E-state index in [2.05, 4.69) is 0 Å². The molecule has 0 aliphatic heterocycles. The van der Waals surface area contributed by atoms with Crippen LogP contribution in [0.5, 0.6) is 5.75 Å². The number of aryl methyl sites for hydroxylation is 2. The van der Waals surface area contributed by atoms with Crippen LogP contribution in [0.15, 0.2) is 17.0 Å². The molecule has 1 aromatic rings. The van der Waals surface area contributed by atoms with Crippen molar-refractivity contribution in [2.24, 2.45) is 0 Å². The summed E-state index contributed by atoms with van der Waals surface area (Å²) in [5.41, 5.74) is 1.02. The minimum absolute atomic E-state index is 0.00722. The van der Waals surface area contributed by atoms with E-state index < -0.39 is 10.1 Å². The molecule has 4 nitrogen and oxygen atoms in total. The lowest BCUT2D eigenvalue weighted by molar-refractivity contribution is 0.468. The van der Waals surface area contributed by atoms with Crippen LogP contribution in [0.2, 0.25) is 0 Å². The number of phenolic OH excluding ortho intramolecular Hbond substituents is 1. The molecule has 0 fully saturated rings. The van der Waals surface area contributed by atoms with Crippen molar-refractivity contribution in [2.45, 2.75) is 57.3 Å². The number of hydrogen-bond acceptors (Lipinski definition) is 3. The van der Waals surface area contributed by atoms with Gasteiger partial charge in [-0.2, -0.15) is 8.42 Å². The fourth-order valence-corrected chi connectivity index (χ4v) is 3.16. The Hall–Kier alpha value is -1.07. The lowest BCUT2D eigenvalue weighted by Gasteiger charge is -2.13. The zero-order valence-corrected chi connectivity index (χ0v) is 12.3. The van der Waals surface area contributed by atoms with Gasteiger partial charge in [-0.15, -0.1) is 0 Å². The average molecular weight is 286 g/mol. The molecular weight excluding hydrogens is 264 g/mol. The molecule has 0 aliphatic carbocycles. The van der Waals surface area contributed by atoms with E-state index in [-0.39, 0.29) is 10.6 Å². The molecule has 0 radical (unpaired) electrons. The smallest absolute Gasteiger partial charge is 0.295 e. The predicted octanol–water partition coefficient (Wildman–Crippen LogP) is 3.32. The van der Waals surface area contributed by atoms with Gasteiger partial charge in [0.15, 0.2) is 0 Å². The normalized spacial score (nSPS) is 11.7. The van der Waals surface area contributed by atoms with Crippen LogP contribution in [0.4, 0.5) is 0 Å². The molecule has 0 atom stereocenters. The SMILES string of the molecule is CCCCc1cc(O)cc(CCCC)c1S(=O)(=O)O. The monoisotopic (exact) mass is 286 g/mol. The van der Waals surface area contributed by atoms with Crippen LogP contribution < -0.4 is 0 Å². The Bertz CT molecular complexity index is 491. The quantitative estimate of drug-likeness (QED) is 0.754. The second-order valence-electron chi connectivity index (χ2n) is 4.78. The van der Waals surface area contributed by atoms with Gasteiger partial charge in [0.05, 0.1) is 0 Å². The fourth-order valence-electron chi connectivity index (χ4n) is 2.17. The first kappa shape index (κ1) is 16.0. The highest BCUT2D eigenvalue weighted by atomic mass is 32.2. The molecule has 1 rings (SSSR count). The molecule has 2 N–H and O–H groups in total. The van der Waals surface area contributed by atoms with Crippen molar-refractivity contribution >= 4 is 10.1 Å². The highest BCUT2D eigenvalue weighted by molar-refractivity contribution is 7.86. The van der Waals surface area contributed by atoms with Crippen LogP contribution in [-0.2, 0) is 23.0 Å². The Morgan fingerprint density at radius 2 is 1.42 bits per heavy atom. The second-order valence-corrected chi connectivity index (χ2v) is 6.13. The van der Waals surface area contributed by atoms with Crippen molar-refractivity contribution in [3.8, 4) is 5.75 Å². The predicted molar refractivity (Wildman–Crippen MR) is 75.1 cm³/mol. The summed E-state index contributed by atoms with van der Waals surface area (Å²) in [5.74, 6) is 0.0598. The minimum Gasteiger partial charge on any atom is -0.508 e. The van der Waals surface area contributed by atoms with Gasteiger partial charge in [0, 0.05) is 0 Å². The molecule has 0 spiro atoms. The van der Waals surface area contributed by atoms with E-state index >= 15 is 0 Å². The Labute approximate surface area is 115 Å². The second kappa shape index (κ2) is 6.91. The van der Waals surface area contributed by atoms with Crippen LogP contribution in [0.25, 0.3) is 0 Å². The average Bonchev–Trinajstić information content (AvgIpc) is 2.31. The molecule has 0 heterocycles. The lowest BCUT2D eigenvalue weighted by Crippen LogP contribution is -2.08. The Morgan fingerprint density at radius 1 is 1.00 bits per heavy atom. The van der Waals surface area contributed by atoms with Crippen LogP contribution in [-0.4, -0.2) is 18.1 Å². The number of unbranched alkanes of at least 4 members (excludes halogenated alkanes) is 2. The van der Waals surface area contributed by atoms with Crippen molar-refractivity contribution in [3.05, 3.63) is 23.3 Å². The van der Waals surface area contributed by atoms with Gasteiger partial charge in [0.25, 0.3) is 10.1 Å². The van der Waals surface area contributed by atoms with Gasteiger partial charge in [-0.05, 0) is 48.9 Å². The molecule has 0 aliphatic rings. The number of rotatable bonds is 7. The van der Waals surface area contributed by atoms with E-state index in [0.717, 1.165) is 25.7 Å². The molecule has 0 amide bonds. The van der Waals surface area contributed by atoms with Crippen molar-refractivity contribution in [1.82, 2.24) is 0 Å². The van der Waals surface area contributed by atoms with Gasteiger partial charge in [0.1, 0.15) is 10.6 Å². The molecule has 0 unspecified atom stereocenters. The Morgan fingerprint density at radius 3 is 1.74 bits per heavy atom. The third-order valence-electron chi connectivity index (χ3n) is 3.08. The summed E-state index contributed by atoms with van der Waals surface area (Å²) in [5, 5.41) is 9.71. The lowest BCUT2D eigenvalue weighted by atomic mass is 10.0. The van der Waals surface area contributed by atoms with E-state index in [1.165, 1.54) is 12.1 Å². The highest BCUT2D eigenvalue weighted by Crippen LogP contribution is 2.28. The number of hydrogen-bond donors (Lipinski definition) is 2. The van der Waals surface area contributed by atoms with Crippen molar-refractivity contribution < 1.29 is 18.1 Å². The molecule has 108 valence electrons.